The number of nitrogen functional groups attached to an aromatic ring is 1. The highest BCUT2D eigenvalue weighted by atomic mass is 35.5. The zero-order valence-electron chi connectivity index (χ0n) is 14.4. The molecule has 2 aromatic rings. The van der Waals surface area contributed by atoms with E-state index >= 15 is 0 Å². The Bertz CT molecular complexity index is 757. The van der Waals surface area contributed by atoms with Crippen molar-refractivity contribution in [1.29, 1.82) is 0 Å². The summed E-state index contributed by atoms with van der Waals surface area (Å²) in [5, 5.41) is 3.30. The van der Waals surface area contributed by atoms with Gasteiger partial charge in [-0.1, -0.05) is 37.6 Å². The highest BCUT2D eigenvalue weighted by Crippen LogP contribution is 2.28. The van der Waals surface area contributed by atoms with E-state index in [1.54, 1.807) is 12.1 Å². The lowest BCUT2D eigenvalue weighted by Gasteiger charge is -2.15. The highest BCUT2D eigenvalue weighted by molar-refractivity contribution is 6.31. The predicted molar refractivity (Wildman–Crippen MR) is 100.0 cm³/mol. The van der Waals surface area contributed by atoms with Gasteiger partial charge in [-0.3, -0.25) is 4.79 Å². The molecule has 0 fully saturated rings. The van der Waals surface area contributed by atoms with Crippen LogP contribution in [0.3, 0.4) is 0 Å². The second kappa shape index (κ2) is 7.58. The number of amides is 1. The average Bonchev–Trinajstić information content (AvgIpc) is 2.50. The Labute approximate surface area is 148 Å². The van der Waals surface area contributed by atoms with Gasteiger partial charge in [0.2, 0.25) is 0 Å². The van der Waals surface area contributed by atoms with Gasteiger partial charge in [0.25, 0.3) is 5.91 Å². The molecule has 0 aliphatic heterocycles. The van der Waals surface area contributed by atoms with Gasteiger partial charge in [0, 0.05) is 5.02 Å². The molecule has 0 aliphatic carbocycles. The third kappa shape index (κ3) is 4.42. The molecule has 2 aromatic carbocycles. The lowest BCUT2D eigenvalue weighted by atomic mass is 10.0. The molecule has 0 radical (unpaired) electrons. The molecule has 4 nitrogen and oxygen atoms in total. The Morgan fingerprint density at radius 1 is 1.25 bits per heavy atom. The number of benzene rings is 2. The maximum atomic E-state index is 12.2. The summed E-state index contributed by atoms with van der Waals surface area (Å²) in [4.78, 5) is 12.2. The fourth-order valence-corrected chi connectivity index (χ4v) is 2.55. The third-order valence-corrected chi connectivity index (χ3v) is 4.16. The van der Waals surface area contributed by atoms with Crippen LogP contribution >= 0.6 is 11.6 Å². The molecule has 0 unspecified atom stereocenters. The molecule has 24 heavy (non-hydrogen) atoms. The second-order valence-electron chi connectivity index (χ2n) is 6.22. The van der Waals surface area contributed by atoms with Gasteiger partial charge in [-0.15, -0.1) is 0 Å². The van der Waals surface area contributed by atoms with Crippen molar-refractivity contribution >= 4 is 28.9 Å². The molecule has 0 saturated carbocycles. The number of carbonyl (C=O) groups is 1. The monoisotopic (exact) mass is 346 g/mol. The van der Waals surface area contributed by atoms with Crippen molar-refractivity contribution in [2.75, 3.05) is 17.7 Å². The Morgan fingerprint density at radius 2 is 1.96 bits per heavy atom. The molecule has 0 spiro atoms. The molecule has 3 N–H and O–H groups in total. The smallest absolute Gasteiger partial charge is 0.262 e. The molecule has 0 heterocycles. The number of hydrogen-bond acceptors (Lipinski definition) is 3. The number of aryl methyl sites for hydroxylation is 2. The summed E-state index contributed by atoms with van der Waals surface area (Å²) in [6, 6.07) is 9.40. The topological polar surface area (TPSA) is 64.3 Å². The van der Waals surface area contributed by atoms with Gasteiger partial charge in [0.05, 0.1) is 11.4 Å². The summed E-state index contributed by atoms with van der Waals surface area (Å²) in [5.41, 5.74) is 9.91. The van der Waals surface area contributed by atoms with Gasteiger partial charge in [-0.25, -0.2) is 0 Å². The van der Waals surface area contributed by atoms with Crippen LogP contribution in [-0.4, -0.2) is 12.5 Å². The lowest BCUT2D eigenvalue weighted by Crippen LogP contribution is -2.21. The van der Waals surface area contributed by atoms with Crippen molar-refractivity contribution in [3.63, 3.8) is 0 Å². The minimum atomic E-state index is -0.280. The van der Waals surface area contributed by atoms with E-state index in [4.69, 9.17) is 22.1 Å². The van der Waals surface area contributed by atoms with Crippen molar-refractivity contribution in [2.24, 2.45) is 0 Å². The maximum Gasteiger partial charge on any atom is 0.262 e. The van der Waals surface area contributed by atoms with Gasteiger partial charge in [-0.2, -0.15) is 0 Å². The van der Waals surface area contributed by atoms with Crippen LogP contribution in [0, 0.1) is 13.8 Å². The molecule has 0 saturated heterocycles. The number of carbonyl (C=O) groups excluding carboxylic acids is 1. The number of nitrogens with one attached hydrogen (secondary N) is 1. The summed E-state index contributed by atoms with van der Waals surface area (Å²) < 4.78 is 5.72. The van der Waals surface area contributed by atoms with Gasteiger partial charge in [0.1, 0.15) is 5.75 Å². The quantitative estimate of drug-likeness (QED) is 0.772. The van der Waals surface area contributed by atoms with E-state index in [-0.39, 0.29) is 12.5 Å². The molecule has 0 atom stereocenters. The first-order valence-corrected chi connectivity index (χ1v) is 8.24. The standard InChI is InChI=1S/C19H23ClN2O2/c1-11(2)14-6-5-12(3)7-18(14)24-10-19(23)22-17-9-15(20)13(4)8-16(17)21/h5-9,11H,10,21H2,1-4H3,(H,22,23). The van der Waals surface area contributed by atoms with Crippen LogP contribution in [0.4, 0.5) is 11.4 Å². The number of hydrogen-bond donors (Lipinski definition) is 2. The van der Waals surface area contributed by atoms with Crippen molar-refractivity contribution in [3.8, 4) is 5.75 Å². The Hall–Kier alpha value is -2.20. The van der Waals surface area contributed by atoms with Crippen molar-refractivity contribution < 1.29 is 9.53 Å². The number of ether oxygens (including phenoxy) is 1. The van der Waals surface area contributed by atoms with Crippen molar-refractivity contribution in [1.82, 2.24) is 0 Å². The summed E-state index contributed by atoms with van der Waals surface area (Å²) in [6.45, 7) is 7.94. The molecule has 1 amide bonds. The first-order chi connectivity index (χ1) is 11.3. The molecular formula is C19H23ClN2O2. The first-order valence-electron chi connectivity index (χ1n) is 7.86. The number of nitrogens with two attached hydrogens (primary N) is 1. The van der Waals surface area contributed by atoms with E-state index in [9.17, 15) is 4.79 Å². The molecule has 0 aromatic heterocycles. The lowest BCUT2D eigenvalue weighted by molar-refractivity contribution is -0.118. The molecule has 2 rings (SSSR count). The Balaban J connectivity index is 2.07. The fourth-order valence-electron chi connectivity index (χ4n) is 2.39. The van der Waals surface area contributed by atoms with Crippen LogP contribution in [0.2, 0.25) is 5.02 Å². The van der Waals surface area contributed by atoms with Crippen LogP contribution in [0.1, 0.15) is 36.5 Å². The van der Waals surface area contributed by atoms with Crippen molar-refractivity contribution in [3.05, 3.63) is 52.0 Å². The van der Waals surface area contributed by atoms with Gasteiger partial charge < -0.3 is 15.8 Å². The van der Waals surface area contributed by atoms with Crippen LogP contribution in [0.25, 0.3) is 0 Å². The van der Waals surface area contributed by atoms with E-state index in [0.29, 0.717) is 22.3 Å². The zero-order chi connectivity index (χ0) is 17.9. The van der Waals surface area contributed by atoms with Crippen molar-refractivity contribution in [2.45, 2.75) is 33.6 Å². The first kappa shape index (κ1) is 18.1. The molecule has 0 bridgehead atoms. The SMILES string of the molecule is Cc1ccc(C(C)C)c(OCC(=O)Nc2cc(Cl)c(C)cc2N)c1. The average molecular weight is 347 g/mol. The van der Waals surface area contributed by atoms with Crippen LogP contribution < -0.4 is 15.8 Å². The van der Waals surface area contributed by atoms with E-state index in [1.807, 2.05) is 32.0 Å². The normalized spacial score (nSPS) is 10.8. The number of anilines is 2. The number of halogens is 1. The van der Waals surface area contributed by atoms with E-state index in [0.717, 1.165) is 22.4 Å². The largest absolute Gasteiger partial charge is 0.483 e. The second-order valence-corrected chi connectivity index (χ2v) is 6.63. The third-order valence-electron chi connectivity index (χ3n) is 3.75. The van der Waals surface area contributed by atoms with Crippen LogP contribution in [0.15, 0.2) is 30.3 Å². The summed E-state index contributed by atoms with van der Waals surface area (Å²) in [7, 11) is 0. The van der Waals surface area contributed by atoms with E-state index < -0.39 is 0 Å². The van der Waals surface area contributed by atoms with E-state index in [1.165, 1.54) is 0 Å². The molecular weight excluding hydrogens is 324 g/mol. The minimum absolute atomic E-state index is 0.0892. The summed E-state index contributed by atoms with van der Waals surface area (Å²) in [6.07, 6.45) is 0. The van der Waals surface area contributed by atoms with Crippen LogP contribution in [-0.2, 0) is 4.79 Å². The molecule has 5 heteroatoms. The summed E-state index contributed by atoms with van der Waals surface area (Å²) >= 11 is 6.08. The number of rotatable bonds is 5. The zero-order valence-corrected chi connectivity index (χ0v) is 15.2. The maximum absolute atomic E-state index is 12.2. The molecule has 128 valence electrons. The predicted octanol–water partition coefficient (Wildman–Crippen LogP) is 4.68. The highest BCUT2D eigenvalue weighted by Gasteiger charge is 2.12. The van der Waals surface area contributed by atoms with Gasteiger partial charge in [0.15, 0.2) is 6.61 Å². The van der Waals surface area contributed by atoms with Gasteiger partial charge >= 0.3 is 0 Å². The Kier molecular flexibility index (Phi) is 5.73. The summed E-state index contributed by atoms with van der Waals surface area (Å²) in [5.74, 6) is 0.767. The van der Waals surface area contributed by atoms with Crippen LogP contribution in [0.5, 0.6) is 5.75 Å². The minimum Gasteiger partial charge on any atom is -0.483 e. The van der Waals surface area contributed by atoms with Gasteiger partial charge in [-0.05, 0) is 54.7 Å². The fraction of sp³-hybridized carbons (Fsp3) is 0.316. The molecule has 0 aliphatic rings. The Morgan fingerprint density at radius 3 is 2.62 bits per heavy atom. The van der Waals surface area contributed by atoms with E-state index in [2.05, 4.69) is 19.2 Å².